The van der Waals surface area contributed by atoms with Crippen LogP contribution in [0.5, 0.6) is 0 Å². The SMILES string of the molecule is Cc1nn(C)c(Cl)c1CC(NN)c1ccc(F)cc1I. The van der Waals surface area contributed by atoms with E-state index in [1.54, 1.807) is 17.8 Å². The number of halogens is 3. The summed E-state index contributed by atoms with van der Waals surface area (Å²) in [4.78, 5) is 0. The lowest BCUT2D eigenvalue weighted by Crippen LogP contribution is -2.30. The van der Waals surface area contributed by atoms with Crippen molar-refractivity contribution in [2.45, 2.75) is 19.4 Å². The molecule has 3 N–H and O–H groups in total. The van der Waals surface area contributed by atoms with E-state index in [2.05, 4.69) is 33.1 Å². The molecule has 0 amide bonds. The Hall–Kier alpha value is -0.700. The third-order valence-electron chi connectivity index (χ3n) is 3.22. The van der Waals surface area contributed by atoms with E-state index in [9.17, 15) is 4.39 Å². The number of rotatable bonds is 4. The summed E-state index contributed by atoms with van der Waals surface area (Å²) in [7, 11) is 1.80. The molecular formula is C13H15ClFIN4. The maximum absolute atomic E-state index is 13.2. The van der Waals surface area contributed by atoms with Crippen molar-refractivity contribution in [1.82, 2.24) is 15.2 Å². The van der Waals surface area contributed by atoms with Crippen molar-refractivity contribution in [3.05, 3.63) is 49.6 Å². The molecule has 1 atom stereocenters. The average molecular weight is 409 g/mol. The van der Waals surface area contributed by atoms with Gasteiger partial charge in [-0.2, -0.15) is 5.10 Å². The second-order valence-electron chi connectivity index (χ2n) is 4.57. The normalized spacial score (nSPS) is 12.7. The van der Waals surface area contributed by atoms with Crippen molar-refractivity contribution in [3.63, 3.8) is 0 Å². The number of hydrogen-bond donors (Lipinski definition) is 2. The van der Waals surface area contributed by atoms with Gasteiger partial charge in [-0.25, -0.2) is 4.39 Å². The number of nitrogens with one attached hydrogen (secondary N) is 1. The predicted octanol–water partition coefficient (Wildman–Crippen LogP) is 2.87. The fourth-order valence-corrected chi connectivity index (χ4v) is 3.26. The van der Waals surface area contributed by atoms with Gasteiger partial charge in [0.2, 0.25) is 0 Å². The molecule has 0 radical (unpaired) electrons. The summed E-state index contributed by atoms with van der Waals surface area (Å²) in [5.41, 5.74) is 5.52. The number of aromatic nitrogens is 2. The topological polar surface area (TPSA) is 55.9 Å². The highest BCUT2D eigenvalue weighted by Gasteiger charge is 2.19. The standard InChI is InChI=1S/C13H15ClFIN4/c1-7-10(13(14)20(2)19-7)6-12(18-17)9-4-3-8(15)5-11(9)16/h3-5,12,18H,6,17H2,1-2H3. The van der Waals surface area contributed by atoms with Gasteiger partial charge in [0.05, 0.1) is 11.7 Å². The Labute approximate surface area is 135 Å². The van der Waals surface area contributed by atoms with Crippen LogP contribution in [0.25, 0.3) is 0 Å². The van der Waals surface area contributed by atoms with E-state index in [0.717, 1.165) is 20.4 Å². The van der Waals surface area contributed by atoms with Gasteiger partial charge in [0, 0.05) is 16.2 Å². The van der Waals surface area contributed by atoms with Crippen LogP contribution < -0.4 is 11.3 Å². The summed E-state index contributed by atoms with van der Waals surface area (Å²) in [6.07, 6.45) is 0.594. The molecular weight excluding hydrogens is 394 g/mol. The molecule has 1 heterocycles. The Morgan fingerprint density at radius 2 is 2.25 bits per heavy atom. The van der Waals surface area contributed by atoms with Crippen LogP contribution >= 0.6 is 34.2 Å². The molecule has 1 unspecified atom stereocenters. The maximum atomic E-state index is 13.2. The number of benzene rings is 1. The maximum Gasteiger partial charge on any atom is 0.130 e. The van der Waals surface area contributed by atoms with E-state index in [1.807, 2.05) is 6.92 Å². The number of aryl methyl sites for hydroxylation is 2. The van der Waals surface area contributed by atoms with E-state index < -0.39 is 0 Å². The lowest BCUT2D eigenvalue weighted by atomic mass is 10.00. The van der Waals surface area contributed by atoms with Crippen LogP contribution in [0.1, 0.15) is 22.9 Å². The lowest BCUT2D eigenvalue weighted by molar-refractivity contribution is 0.545. The van der Waals surface area contributed by atoms with Gasteiger partial charge in [-0.15, -0.1) is 0 Å². The number of hydrogen-bond acceptors (Lipinski definition) is 3. The highest BCUT2D eigenvalue weighted by atomic mass is 127. The van der Waals surface area contributed by atoms with E-state index in [-0.39, 0.29) is 11.9 Å². The van der Waals surface area contributed by atoms with Crippen molar-refractivity contribution in [2.24, 2.45) is 12.9 Å². The largest absolute Gasteiger partial charge is 0.271 e. The highest BCUT2D eigenvalue weighted by Crippen LogP contribution is 2.28. The second-order valence-corrected chi connectivity index (χ2v) is 6.09. The first-order valence-corrected chi connectivity index (χ1v) is 7.48. The summed E-state index contributed by atoms with van der Waals surface area (Å²) in [5, 5.41) is 4.88. The zero-order valence-corrected chi connectivity index (χ0v) is 14.0. The van der Waals surface area contributed by atoms with Crippen LogP contribution in [0, 0.1) is 16.3 Å². The molecule has 0 spiro atoms. The third-order valence-corrected chi connectivity index (χ3v) is 4.62. The average Bonchev–Trinajstić information content (AvgIpc) is 2.62. The Morgan fingerprint density at radius 1 is 1.55 bits per heavy atom. The first-order valence-electron chi connectivity index (χ1n) is 6.03. The Kier molecular flexibility index (Phi) is 5.00. The molecule has 108 valence electrons. The summed E-state index contributed by atoms with van der Waals surface area (Å²) in [6, 6.07) is 4.50. The number of nitrogens with zero attached hydrogens (tertiary/aromatic N) is 2. The van der Waals surface area contributed by atoms with Gasteiger partial charge < -0.3 is 0 Å². The lowest BCUT2D eigenvalue weighted by Gasteiger charge is -2.18. The molecule has 0 saturated heterocycles. The van der Waals surface area contributed by atoms with Crippen LogP contribution in [0.2, 0.25) is 5.15 Å². The molecule has 20 heavy (non-hydrogen) atoms. The molecule has 2 rings (SSSR count). The first kappa shape index (κ1) is 15.7. The first-order chi connectivity index (χ1) is 9.43. The molecule has 0 aliphatic rings. The van der Waals surface area contributed by atoms with Gasteiger partial charge in [0.15, 0.2) is 0 Å². The zero-order chi connectivity index (χ0) is 14.9. The molecule has 7 heteroatoms. The summed E-state index contributed by atoms with van der Waals surface area (Å²) in [5.74, 6) is 5.39. The van der Waals surface area contributed by atoms with Gasteiger partial charge in [0.1, 0.15) is 11.0 Å². The fourth-order valence-electron chi connectivity index (χ4n) is 2.15. The molecule has 0 aliphatic heterocycles. The minimum Gasteiger partial charge on any atom is -0.271 e. The fraction of sp³-hybridized carbons (Fsp3) is 0.308. The molecule has 4 nitrogen and oxygen atoms in total. The van der Waals surface area contributed by atoms with E-state index in [4.69, 9.17) is 17.4 Å². The van der Waals surface area contributed by atoms with Gasteiger partial charge in [-0.1, -0.05) is 17.7 Å². The smallest absolute Gasteiger partial charge is 0.130 e. The molecule has 0 bridgehead atoms. The minimum atomic E-state index is -0.260. The van der Waals surface area contributed by atoms with Crippen LogP contribution in [-0.4, -0.2) is 9.78 Å². The van der Waals surface area contributed by atoms with Gasteiger partial charge in [-0.05, 0) is 53.6 Å². The van der Waals surface area contributed by atoms with Crippen molar-refractivity contribution < 1.29 is 4.39 Å². The Bertz CT molecular complexity index is 629. The predicted molar refractivity (Wildman–Crippen MR) is 85.8 cm³/mol. The number of hydrazine groups is 1. The van der Waals surface area contributed by atoms with Crippen molar-refractivity contribution in [3.8, 4) is 0 Å². The van der Waals surface area contributed by atoms with Crippen molar-refractivity contribution >= 4 is 34.2 Å². The monoisotopic (exact) mass is 408 g/mol. The van der Waals surface area contributed by atoms with Gasteiger partial charge in [0.25, 0.3) is 0 Å². The third kappa shape index (κ3) is 3.13. The minimum absolute atomic E-state index is 0.150. The zero-order valence-electron chi connectivity index (χ0n) is 11.1. The molecule has 0 fully saturated rings. The molecule has 1 aromatic carbocycles. The van der Waals surface area contributed by atoms with Gasteiger partial charge >= 0.3 is 0 Å². The number of nitrogens with two attached hydrogens (primary N) is 1. The summed E-state index contributed by atoms with van der Waals surface area (Å²) >= 11 is 8.34. The molecule has 1 aromatic heterocycles. The van der Waals surface area contributed by atoms with Crippen LogP contribution in [0.4, 0.5) is 4.39 Å². The Morgan fingerprint density at radius 3 is 2.75 bits per heavy atom. The molecule has 2 aromatic rings. The summed E-state index contributed by atoms with van der Waals surface area (Å²) in [6.45, 7) is 1.91. The van der Waals surface area contributed by atoms with Crippen molar-refractivity contribution in [1.29, 1.82) is 0 Å². The Balaban J connectivity index is 2.33. The van der Waals surface area contributed by atoms with Crippen molar-refractivity contribution in [2.75, 3.05) is 0 Å². The summed E-state index contributed by atoms with van der Waals surface area (Å²) < 4.78 is 15.6. The van der Waals surface area contributed by atoms with E-state index in [1.165, 1.54) is 12.1 Å². The molecule has 0 saturated carbocycles. The van der Waals surface area contributed by atoms with Crippen LogP contribution in [0.3, 0.4) is 0 Å². The van der Waals surface area contributed by atoms with E-state index >= 15 is 0 Å². The second kappa shape index (κ2) is 6.38. The van der Waals surface area contributed by atoms with E-state index in [0.29, 0.717) is 11.6 Å². The van der Waals surface area contributed by atoms with Gasteiger partial charge in [-0.3, -0.25) is 16.0 Å². The highest BCUT2D eigenvalue weighted by molar-refractivity contribution is 14.1. The van der Waals surface area contributed by atoms with Crippen LogP contribution in [-0.2, 0) is 13.5 Å². The molecule has 0 aliphatic carbocycles. The van der Waals surface area contributed by atoms with Crippen LogP contribution in [0.15, 0.2) is 18.2 Å². The quantitative estimate of drug-likeness (QED) is 0.465.